The van der Waals surface area contributed by atoms with Crippen LogP contribution in [0.1, 0.15) is 39.7 Å². The molecule has 3 nitrogen and oxygen atoms in total. The van der Waals surface area contributed by atoms with Crippen molar-refractivity contribution in [3.63, 3.8) is 0 Å². The first-order chi connectivity index (χ1) is 9.88. The van der Waals surface area contributed by atoms with Crippen LogP contribution in [0.5, 0.6) is 11.5 Å². The standard InChI is InChI=1S/C17H26BrNO2/c1-12(17(2,3)4)10-19-11-13-8-14(18)16-15(9-13)20-6-5-7-21-16/h8-9,12,19H,5-7,10-11H2,1-4H3. The zero-order valence-corrected chi connectivity index (χ0v) is 15.0. The maximum atomic E-state index is 5.77. The van der Waals surface area contributed by atoms with Gasteiger partial charge in [0.2, 0.25) is 0 Å². The molecule has 0 aromatic heterocycles. The molecule has 21 heavy (non-hydrogen) atoms. The van der Waals surface area contributed by atoms with Crippen molar-refractivity contribution in [3.05, 3.63) is 22.2 Å². The van der Waals surface area contributed by atoms with Gasteiger partial charge in [0.05, 0.1) is 17.7 Å². The molecular weight excluding hydrogens is 330 g/mol. The Morgan fingerprint density at radius 2 is 1.95 bits per heavy atom. The van der Waals surface area contributed by atoms with E-state index < -0.39 is 0 Å². The highest BCUT2D eigenvalue weighted by molar-refractivity contribution is 9.10. The van der Waals surface area contributed by atoms with Crippen molar-refractivity contribution in [2.24, 2.45) is 11.3 Å². The van der Waals surface area contributed by atoms with Gasteiger partial charge < -0.3 is 14.8 Å². The van der Waals surface area contributed by atoms with E-state index in [1.54, 1.807) is 0 Å². The minimum atomic E-state index is 0.332. The average molecular weight is 356 g/mol. The van der Waals surface area contributed by atoms with Gasteiger partial charge in [0.1, 0.15) is 0 Å². The normalized spacial score (nSPS) is 16.4. The van der Waals surface area contributed by atoms with E-state index in [1.807, 2.05) is 0 Å². The fourth-order valence-corrected chi connectivity index (χ4v) is 2.73. The van der Waals surface area contributed by atoms with Crippen LogP contribution in [0, 0.1) is 11.3 Å². The minimum absolute atomic E-state index is 0.332. The second-order valence-corrected chi connectivity index (χ2v) is 7.71. The van der Waals surface area contributed by atoms with Gasteiger partial charge in [0.25, 0.3) is 0 Å². The molecule has 4 heteroatoms. The smallest absolute Gasteiger partial charge is 0.175 e. The van der Waals surface area contributed by atoms with Gasteiger partial charge in [0.15, 0.2) is 11.5 Å². The Balaban J connectivity index is 1.98. The molecular formula is C17H26BrNO2. The van der Waals surface area contributed by atoms with E-state index in [0.29, 0.717) is 17.9 Å². The molecule has 1 aromatic carbocycles. The number of benzene rings is 1. The molecule has 1 aliphatic rings. The summed E-state index contributed by atoms with van der Waals surface area (Å²) in [4.78, 5) is 0. The monoisotopic (exact) mass is 355 g/mol. The van der Waals surface area contributed by atoms with Crippen LogP contribution in [-0.2, 0) is 6.54 Å². The molecule has 0 bridgehead atoms. The molecule has 2 rings (SSSR count). The summed E-state index contributed by atoms with van der Waals surface area (Å²) >= 11 is 3.59. The van der Waals surface area contributed by atoms with Gasteiger partial charge in [-0.2, -0.15) is 0 Å². The summed E-state index contributed by atoms with van der Waals surface area (Å²) in [5.41, 5.74) is 1.55. The van der Waals surface area contributed by atoms with E-state index in [0.717, 1.165) is 42.1 Å². The molecule has 0 saturated heterocycles. The van der Waals surface area contributed by atoms with Crippen LogP contribution in [0.4, 0.5) is 0 Å². The predicted octanol–water partition coefficient (Wildman–Crippen LogP) is 4.38. The van der Waals surface area contributed by atoms with Crippen LogP contribution >= 0.6 is 15.9 Å². The number of fused-ring (bicyclic) bond motifs is 1. The topological polar surface area (TPSA) is 30.5 Å². The number of nitrogens with one attached hydrogen (secondary N) is 1. The van der Waals surface area contributed by atoms with Crippen LogP contribution in [0.25, 0.3) is 0 Å². The summed E-state index contributed by atoms with van der Waals surface area (Å²) in [6.45, 7) is 12.4. The molecule has 1 aliphatic heterocycles. The lowest BCUT2D eigenvalue weighted by molar-refractivity contribution is 0.252. The molecule has 0 fully saturated rings. The van der Waals surface area contributed by atoms with Crippen LogP contribution in [0.2, 0.25) is 0 Å². The third-order valence-corrected chi connectivity index (χ3v) is 4.71. The molecule has 1 aromatic rings. The highest BCUT2D eigenvalue weighted by atomic mass is 79.9. The molecule has 1 unspecified atom stereocenters. The fraction of sp³-hybridized carbons (Fsp3) is 0.647. The van der Waals surface area contributed by atoms with Gasteiger partial charge in [-0.05, 0) is 51.5 Å². The second-order valence-electron chi connectivity index (χ2n) is 6.85. The number of halogens is 1. The largest absolute Gasteiger partial charge is 0.490 e. The third-order valence-electron chi connectivity index (χ3n) is 4.12. The first kappa shape index (κ1) is 16.6. The minimum Gasteiger partial charge on any atom is -0.490 e. The first-order valence-electron chi connectivity index (χ1n) is 7.66. The van der Waals surface area contributed by atoms with Crippen LogP contribution in [0.3, 0.4) is 0 Å². The number of ether oxygens (including phenoxy) is 2. The van der Waals surface area contributed by atoms with E-state index in [4.69, 9.17) is 9.47 Å². The van der Waals surface area contributed by atoms with Gasteiger partial charge in [-0.15, -0.1) is 0 Å². The van der Waals surface area contributed by atoms with Crippen molar-refractivity contribution in [1.82, 2.24) is 5.32 Å². The quantitative estimate of drug-likeness (QED) is 0.868. The Bertz CT molecular complexity index is 482. The molecule has 118 valence electrons. The molecule has 0 radical (unpaired) electrons. The van der Waals surface area contributed by atoms with E-state index >= 15 is 0 Å². The van der Waals surface area contributed by atoms with Crippen molar-refractivity contribution < 1.29 is 9.47 Å². The number of rotatable bonds is 4. The van der Waals surface area contributed by atoms with Crippen LogP contribution in [0.15, 0.2) is 16.6 Å². The highest BCUT2D eigenvalue weighted by Gasteiger charge is 2.19. The van der Waals surface area contributed by atoms with Crippen molar-refractivity contribution in [2.45, 2.75) is 40.7 Å². The molecule has 0 saturated carbocycles. The lowest BCUT2D eigenvalue weighted by Crippen LogP contribution is -2.29. The van der Waals surface area contributed by atoms with Crippen molar-refractivity contribution in [2.75, 3.05) is 19.8 Å². The van der Waals surface area contributed by atoms with Gasteiger partial charge >= 0.3 is 0 Å². The number of hydrogen-bond donors (Lipinski definition) is 1. The lowest BCUT2D eigenvalue weighted by atomic mass is 9.82. The zero-order chi connectivity index (χ0) is 15.5. The summed E-state index contributed by atoms with van der Waals surface area (Å²) < 4.78 is 12.5. The van der Waals surface area contributed by atoms with Crippen molar-refractivity contribution in [3.8, 4) is 11.5 Å². The lowest BCUT2D eigenvalue weighted by Gasteiger charge is -2.27. The molecule has 1 heterocycles. The molecule has 0 aliphatic carbocycles. The zero-order valence-electron chi connectivity index (χ0n) is 13.5. The molecule has 0 amide bonds. The summed E-state index contributed by atoms with van der Waals surface area (Å²) in [6.07, 6.45) is 0.928. The Labute approximate surface area is 136 Å². The third kappa shape index (κ3) is 4.62. The van der Waals surface area contributed by atoms with Gasteiger partial charge in [-0.1, -0.05) is 27.7 Å². The number of hydrogen-bond acceptors (Lipinski definition) is 3. The summed E-state index contributed by atoms with van der Waals surface area (Å²) in [5, 5.41) is 3.54. The van der Waals surface area contributed by atoms with Crippen LogP contribution in [-0.4, -0.2) is 19.8 Å². The Morgan fingerprint density at radius 1 is 1.24 bits per heavy atom. The summed E-state index contributed by atoms with van der Waals surface area (Å²) in [5.74, 6) is 2.31. The SMILES string of the molecule is CC(CNCc1cc(Br)c2c(c1)OCCCO2)C(C)(C)C. The fourth-order valence-electron chi connectivity index (χ4n) is 2.13. The van der Waals surface area contributed by atoms with E-state index in [1.165, 1.54) is 5.56 Å². The molecule has 0 spiro atoms. The van der Waals surface area contributed by atoms with Crippen molar-refractivity contribution in [1.29, 1.82) is 0 Å². The molecule has 1 N–H and O–H groups in total. The van der Waals surface area contributed by atoms with Gasteiger partial charge in [-0.3, -0.25) is 0 Å². The Kier molecular flexibility index (Phi) is 5.55. The maximum absolute atomic E-state index is 5.77. The average Bonchev–Trinajstić information content (AvgIpc) is 2.63. The molecule has 1 atom stereocenters. The van der Waals surface area contributed by atoms with E-state index in [-0.39, 0.29) is 0 Å². The summed E-state index contributed by atoms with van der Waals surface area (Å²) in [6, 6.07) is 4.20. The maximum Gasteiger partial charge on any atom is 0.175 e. The van der Waals surface area contributed by atoms with E-state index in [2.05, 4.69) is 61.1 Å². The Morgan fingerprint density at radius 3 is 2.67 bits per heavy atom. The Hall–Kier alpha value is -0.740. The van der Waals surface area contributed by atoms with Crippen LogP contribution < -0.4 is 14.8 Å². The predicted molar refractivity (Wildman–Crippen MR) is 90.1 cm³/mol. The summed E-state index contributed by atoms with van der Waals surface area (Å²) in [7, 11) is 0. The van der Waals surface area contributed by atoms with Gasteiger partial charge in [-0.25, -0.2) is 0 Å². The van der Waals surface area contributed by atoms with Crippen molar-refractivity contribution >= 4 is 15.9 Å². The first-order valence-corrected chi connectivity index (χ1v) is 8.46. The highest BCUT2D eigenvalue weighted by Crippen LogP contribution is 2.38. The van der Waals surface area contributed by atoms with Gasteiger partial charge in [0, 0.05) is 13.0 Å². The van der Waals surface area contributed by atoms with E-state index in [9.17, 15) is 0 Å². The second kappa shape index (κ2) is 7.01.